The van der Waals surface area contributed by atoms with Crippen LogP contribution in [0.4, 0.5) is 0 Å². The van der Waals surface area contributed by atoms with Crippen LogP contribution in [0, 0.1) is 5.41 Å². The van der Waals surface area contributed by atoms with E-state index in [0.29, 0.717) is 11.5 Å². The Labute approximate surface area is 118 Å². The van der Waals surface area contributed by atoms with Gasteiger partial charge in [0, 0.05) is 30.7 Å². The highest BCUT2D eigenvalue weighted by molar-refractivity contribution is 5.12. The summed E-state index contributed by atoms with van der Waals surface area (Å²) in [5.41, 5.74) is 0.518. The van der Waals surface area contributed by atoms with Crippen LogP contribution in [0.5, 0.6) is 0 Å². The van der Waals surface area contributed by atoms with Crippen LogP contribution < -0.4 is 5.32 Å². The van der Waals surface area contributed by atoms with Gasteiger partial charge in [0.15, 0.2) is 0 Å². The molecule has 1 saturated heterocycles. The lowest BCUT2D eigenvalue weighted by Crippen LogP contribution is -2.69. The lowest BCUT2D eigenvalue weighted by atomic mass is 9.51. The van der Waals surface area contributed by atoms with Gasteiger partial charge in [-0.15, -0.1) is 0 Å². The number of ether oxygens (including phenoxy) is 1. The molecule has 3 rings (SSSR count). The maximum absolute atomic E-state index is 5.95. The van der Waals surface area contributed by atoms with E-state index in [4.69, 9.17) is 4.74 Å². The van der Waals surface area contributed by atoms with Crippen molar-refractivity contribution in [3.63, 3.8) is 0 Å². The minimum Gasteiger partial charge on any atom is -0.378 e. The zero-order valence-corrected chi connectivity index (χ0v) is 12.7. The van der Waals surface area contributed by atoms with Crippen molar-refractivity contribution in [2.75, 3.05) is 26.2 Å². The molecule has 3 unspecified atom stereocenters. The number of likely N-dealkylation sites (tertiary alicyclic amines) is 1. The van der Waals surface area contributed by atoms with Crippen molar-refractivity contribution in [3.05, 3.63) is 0 Å². The van der Waals surface area contributed by atoms with Crippen LogP contribution >= 0.6 is 0 Å². The fourth-order valence-electron chi connectivity index (χ4n) is 4.44. The molecule has 3 nitrogen and oxygen atoms in total. The maximum Gasteiger partial charge on any atom is 0.0661 e. The van der Waals surface area contributed by atoms with E-state index in [1.54, 1.807) is 0 Å². The van der Waals surface area contributed by atoms with E-state index in [0.717, 1.165) is 18.7 Å². The average molecular weight is 266 g/mol. The molecular weight excluding hydrogens is 236 g/mol. The Morgan fingerprint density at radius 1 is 1.26 bits per heavy atom. The molecule has 0 amide bonds. The zero-order valence-electron chi connectivity index (χ0n) is 12.7. The van der Waals surface area contributed by atoms with E-state index >= 15 is 0 Å². The highest BCUT2D eigenvalue weighted by Crippen LogP contribution is 2.57. The smallest absolute Gasteiger partial charge is 0.0661 e. The van der Waals surface area contributed by atoms with Gasteiger partial charge in [0.1, 0.15) is 0 Å². The third kappa shape index (κ3) is 2.45. The summed E-state index contributed by atoms with van der Waals surface area (Å²) >= 11 is 0. The van der Waals surface area contributed by atoms with E-state index in [-0.39, 0.29) is 0 Å². The van der Waals surface area contributed by atoms with Gasteiger partial charge in [0.05, 0.1) is 6.10 Å². The Bertz CT molecular complexity index is 303. The maximum atomic E-state index is 5.95. The molecule has 2 saturated carbocycles. The molecule has 3 heteroatoms. The molecule has 1 spiro atoms. The second-order valence-corrected chi connectivity index (χ2v) is 6.72. The van der Waals surface area contributed by atoms with Crippen molar-refractivity contribution in [1.29, 1.82) is 0 Å². The molecule has 1 aliphatic heterocycles. The summed E-state index contributed by atoms with van der Waals surface area (Å²) in [4.78, 5) is 2.59. The number of nitrogens with zero attached hydrogens (tertiary/aromatic N) is 1. The first-order valence-electron chi connectivity index (χ1n) is 8.38. The number of hydrogen-bond donors (Lipinski definition) is 1. The fraction of sp³-hybridized carbons (Fsp3) is 1.00. The molecule has 0 bridgehead atoms. The molecule has 3 atom stereocenters. The molecule has 1 N–H and O–H groups in total. The van der Waals surface area contributed by atoms with Crippen LogP contribution in [-0.2, 0) is 4.74 Å². The monoisotopic (exact) mass is 266 g/mol. The van der Waals surface area contributed by atoms with Crippen molar-refractivity contribution >= 4 is 0 Å². The standard InChI is InChI=1S/C16H30N2O/c1-3-18-10-5-7-13(12-18)17-14-11-15(19-4-2)16(14)8-6-9-16/h13-15,17H,3-12H2,1-2H3. The van der Waals surface area contributed by atoms with E-state index in [9.17, 15) is 0 Å². The zero-order chi connectivity index (χ0) is 13.3. The summed E-state index contributed by atoms with van der Waals surface area (Å²) < 4.78 is 5.95. The molecule has 0 radical (unpaired) electrons. The van der Waals surface area contributed by atoms with Crippen molar-refractivity contribution in [2.45, 2.75) is 70.6 Å². The third-order valence-corrected chi connectivity index (χ3v) is 5.83. The molecular formula is C16H30N2O. The molecule has 3 fully saturated rings. The van der Waals surface area contributed by atoms with Crippen LogP contribution in [0.1, 0.15) is 52.4 Å². The molecule has 0 aromatic carbocycles. The van der Waals surface area contributed by atoms with Crippen LogP contribution in [-0.4, -0.2) is 49.3 Å². The lowest BCUT2D eigenvalue weighted by Gasteiger charge is -2.62. The van der Waals surface area contributed by atoms with Gasteiger partial charge >= 0.3 is 0 Å². The van der Waals surface area contributed by atoms with Crippen LogP contribution in [0.3, 0.4) is 0 Å². The van der Waals surface area contributed by atoms with Crippen molar-refractivity contribution in [1.82, 2.24) is 10.2 Å². The van der Waals surface area contributed by atoms with E-state index in [1.807, 2.05) is 0 Å². The van der Waals surface area contributed by atoms with Crippen molar-refractivity contribution in [3.8, 4) is 0 Å². The van der Waals surface area contributed by atoms with Gasteiger partial charge in [-0.05, 0) is 52.1 Å². The summed E-state index contributed by atoms with van der Waals surface area (Å²) in [7, 11) is 0. The van der Waals surface area contributed by atoms with Gasteiger partial charge in [-0.3, -0.25) is 0 Å². The van der Waals surface area contributed by atoms with Gasteiger partial charge in [0.25, 0.3) is 0 Å². The summed E-state index contributed by atoms with van der Waals surface area (Å²) in [6, 6.07) is 1.46. The Kier molecular flexibility index (Phi) is 4.16. The number of hydrogen-bond acceptors (Lipinski definition) is 3. The minimum absolute atomic E-state index is 0.518. The first-order chi connectivity index (χ1) is 9.28. The highest BCUT2D eigenvalue weighted by Gasteiger charge is 2.59. The van der Waals surface area contributed by atoms with Crippen molar-refractivity contribution in [2.24, 2.45) is 5.41 Å². The molecule has 2 aliphatic carbocycles. The molecule has 19 heavy (non-hydrogen) atoms. The first kappa shape index (κ1) is 13.8. The van der Waals surface area contributed by atoms with Gasteiger partial charge in [-0.1, -0.05) is 13.3 Å². The predicted octanol–water partition coefficient (Wildman–Crippen LogP) is 2.41. The van der Waals surface area contributed by atoms with Gasteiger partial charge in [-0.25, -0.2) is 0 Å². The fourth-order valence-corrected chi connectivity index (χ4v) is 4.44. The minimum atomic E-state index is 0.518. The molecule has 3 aliphatic rings. The van der Waals surface area contributed by atoms with Crippen molar-refractivity contribution < 1.29 is 4.74 Å². The Morgan fingerprint density at radius 3 is 2.74 bits per heavy atom. The third-order valence-electron chi connectivity index (χ3n) is 5.83. The highest BCUT2D eigenvalue weighted by atomic mass is 16.5. The van der Waals surface area contributed by atoms with Crippen LogP contribution in [0.15, 0.2) is 0 Å². The van der Waals surface area contributed by atoms with Gasteiger partial charge in [0.2, 0.25) is 0 Å². The largest absolute Gasteiger partial charge is 0.378 e. The van der Waals surface area contributed by atoms with E-state index in [1.165, 1.54) is 58.2 Å². The Hall–Kier alpha value is -0.120. The molecule has 1 heterocycles. The second kappa shape index (κ2) is 5.71. The van der Waals surface area contributed by atoms with E-state index in [2.05, 4.69) is 24.1 Å². The lowest BCUT2D eigenvalue weighted by molar-refractivity contribution is -0.175. The van der Waals surface area contributed by atoms with Gasteiger partial charge < -0.3 is 15.0 Å². The van der Waals surface area contributed by atoms with Crippen LogP contribution in [0.2, 0.25) is 0 Å². The summed E-state index contributed by atoms with van der Waals surface area (Å²) in [5.74, 6) is 0. The van der Waals surface area contributed by atoms with Crippen LogP contribution in [0.25, 0.3) is 0 Å². The SMILES string of the molecule is CCOC1CC(NC2CCCN(CC)C2)C12CCC2. The first-order valence-corrected chi connectivity index (χ1v) is 8.38. The van der Waals surface area contributed by atoms with Gasteiger partial charge in [-0.2, -0.15) is 0 Å². The second-order valence-electron chi connectivity index (χ2n) is 6.72. The Balaban J connectivity index is 1.53. The molecule has 0 aromatic rings. The van der Waals surface area contributed by atoms with E-state index < -0.39 is 0 Å². The number of piperidine rings is 1. The quantitative estimate of drug-likeness (QED) is 0.827. The summed E-state index contributed by atoms with van der Waals surface area (Å²) in [5, 5.41) is 3.98. The summed E-state index contributed by atoms with van der Waals surface area (Å²) in [6.07, 6.45) is 8.71. The number of rotatable bonds is 5. The summed E-state index contributed by atoms with van der Waals surface area (Å²) in [6.45, 7) is 9.05. The predicted molar refractivity (Wildman–Crippen MR) is 78.4 cm³/mol. The Morgan fingerprint density at radius 2 is 2.11 bits per heavy atom. The average Bonchev–Trinajstić information content (AvgIpc) is 2.36. The molecule has 110 valence electrons. The number of nitrogens with one attached hydrogen (secondary N) is 1. The topological polar surface area (TPSA) is 24.5 Å². The molecule has 0 aromatic heterocycles. The normalized spacial score (nSPS) is 37.9. The number of likely N-dealkylation sites (N-methyl/N-ethyl adjacent to an activating group) is 1.